The van der Waals surface area contributed by atoms with Gasteiger partial charge >= 0.3 is 11.7 Å². The normalized spacial score (nSPS) is 11.6. The number of carbonyl (C=O) groups is 1. The predicted octanol–water partition coefficient (Wildman–Crippen LogP) is 9.12. The number of carbonyl (C=O) groups excluding carboxylic acids is 1. The molecular formula is C31H49NO4. The summed E-state index contributed by atoms with van der Waals surface area (Å²) in [6, 6.07) is 7.79. The molecule has 36 heavy (non-hydrogen) atoms. The van der Waals surface area contributed by atoms with E-state index < -0.39 is 5.97 Å². The summed E-state index contributed by atoms with van der Waals surface area (Å²) >= 11 is 0. The SMILES string of the molecule is [C-]#[N+]C(C(=O)OCCc1ccc(OCCCCCCCCCCCCCCCCCC)cc1)=C(C)O. The Hall–Kier alpha value is -2.48. The maximum Gasteiger partial charge on any atom is 0.339 e. The molecule has 0 aliphatic rings. The number of ether oxygens (including phenoxy) is 2. The Morgan fingerprint density at radius 3 is 1.69 bits per heavy atom. The Morgan fingerprint density at radius 1 is 0.778 bits per heavy atom. The van der Waals surface area contributed by atoms with Gasteiger partial charge in [0, 0.05) is 6.42 Å². The van der Waals surface area contributed by atoms with Gasteiger partial charge in [-0.25, -0.2) is 4.85 Å². The van der Waals surface area contributed by atoms with Gasteiger partial charge < -0.3 is 14.6 Å². The van der Waals surface area contributed by atoms with Crippen molar-refractivity contribution in [3.05, 3.63) is 52.7 Å². The van der Waals surface area contributed by atoms with E-state index in [1.165, 1.54) is 103 Å². The zero-order valence-corrected chi connectivity index (χ0v) is 22.9. The topological polar surface area (TPSA) is 60.1 Å². The van der Waals surface area contributed by atoms with Gasteiger partial charge in [0.2, 0.25) is 0 Å². The van der Waals surface area contributed by atoms with Crippen LogP contribution in [-0.4, -0.2) is 24.3 Å². The first-order valence-electron chi connectivity index (χ1n) is 14.2. The molecule has 0 spiro atoms. The fraction of sp³-hybridized carbons (Fsp3) is 0.677. The fourth-order valence-corrected chi connectivity index (χ4v) is 4.20. The average Bonchev–Trinajstić information content (AvgIpc) is 2.87. The molecule has 0 heterocycles. The summed E-state index contributed by atoms with van der Waals surface area (Å²) in [6.45, 7) is 11.4. The molecule has 0 radical (unpaired) electrons. The highest BCUT2D eigenvalue weighted by molar-refractivity contribution is 5.90. The van der Waals surface area contributed by atoms with Gasteiger partial charge in [0.1, 0.15) is 11.5 Å². The Balaban J connectivity index is 1.95. The van der Waals surface area contributed by atoms with Gasteiger partial charge in [0.05, 0.1) is 19.8 Å². The number of unbranched alkanes of at least 4 members (excludes halogenated alkanes) is 15. The number of aliphatic hydroxyl groups excluding tert-OH is 1. The quantitative estimate of drug-likeness (QED) is 0.0568. The van der Waals surface area contributed by atoms with Gasteiger partial charge in [-0.05, 0) is 31.0 Å². The monoisotopic (exact) mass is 499 g/mol. The third-order valence-corrected chi connectivity index (χ3v) is 6.46. The van der Waals surface area contributed by atoms with E-state index in [9.17, 15) is 9.90 Å². The number of benzene rings is 1. The highest BCUT2D eigenvalue weighted by atomic mass is 16.5. The lowest BCUT2D eigenvalue weighted by Crippen LogP contribution is -2.10. The second-order valence-electron chi connectivity index (χ2n) is 9.73. The molecule has 202 valence electrons. The number of nitrogens with zero attached hydrogens (tertiary/aromatic N) is 1. The Kier molecular flexibility index (Phi) is 19.1. The summed E-state index contributed by atoms with van der Waals surface area (Å²) in [7, 11) is 0. The molecule has 0 saturated heterocycles. The van der Waals surface area contributed by atoms with Crippen molar-refractivity contribution in [2.24, 2.45) is 0 Å². The number of rotatable bonds is 22. The largest absolute Gasteiger partial charge is 0.523 e. The highest BCUT2D eigenvalue weighted by Gasteiger charge is 2.14. The number of esters is 1. The molecule has 1 aromatic rings. The highest BCUT2D eigenvalue weighted by Crippen LogP contribution is 2.16. The minimum Gasteiger partial charge on any atom is -0.523 e. The van der Waals surface area contributed by atoms with E-state index in [1.807, 2.05) is 24.3 Å². The van der Waals surface area contributed by atoms with E-state index in [0.29, 0.717) is 6.42 Å². The summed E-state index contributed by atoms with van der Waals surface area (Å²) in [5.41, 5.74) is 0.652. The number of hydrogen-bond acceptors (Lipinski definition) is 4. The molecule has 5 heteroatoms. The second-order valence-corrected chi connectivity index (χ2v) is 9.73. The van der Waals surface area contributed by atoms with Crippen molar-refractivity contribution < 1.29 is 19.4 Å². The van der Waals surface area contributed by atoms with Crippen LogP contribution in [0, 0.1) is 6.57 Å². The first-order valence-corrected chi connectivity index (χ1v) is 14.2. The van der Waals surface area contributed by atoms with Crippen LogP contribution in [0.25, 0.3) is 4.85 Å². The third kappa shape index (κ3) is 16.2. The molecule has 0 aromatic heterocycles. The van der Waals surface area contributed by atoms with Crippen molar-refractivity contribution in [2.45, 2.75) is 123 Å². The Labute approximate surface area is 220 Å². The van der Waals surface area contributed by atoms with Crippen molar-refractivity contribution >= 4 is 5.97 Å². The van der Waals surface area contributed by atoms with Crippen LogP contribution in [0.15, 0.2) is 35.7 Å². The van der Waals surface area contributed by atoms with Crippen LogP contribution >= 0.6 is 0 Å². The molecule has 0 amide bonds. The first-order chi connectivity index (χ1) is 17.6. The maximum atomic E-state index is 11.7. The first kappa shape index (κ1) is 31.5. The molecule has 5 nitrogen and oxygen atoms in total. The van der Waals surface area contributed by atoms with E-state index in [2.05, 4.69) is 11.8 Å². The molecule has 1 rings (SSSR count). The molecule has 0 aliphatic carbocycles. The molecule has 0 atom stereocenters. The van der Waals surface area contributed by atoms with E-state index in [0.717, 1.165) is 24.3 Å². The van der Waals surface area contributed by atoms with Gasteiger partial charge in [-0.1, -0.05) is 115 Å². The minimum atomic E-state index is -0.788. The van der Waals surface area contributed by atoms with Crippen LogP contribution in [0.4, 0.5) is 0 Å². The molecule has 0 unspecified atom stereocenters. The molecule has 0 saturated carbocycles. The van der Waals surface area contributed by atoms with Gasteiger partial charge in [0.15, 0.2) is 0 Å². The van der Waals surface area contributed by atoms with Gasteiger partial charge in [-0.15, -0.1) is 0 Å². The molecule has 0 aliphatic heterocycles. The zero-order valence-electron chi connectivity index (χ0n) is 22.9. The summed E-state index contributed by atoms with van der Waals surface area (Å²) in [5, 5.41) is 9.30. The van der Waals surface area contributed by atoms with Gasteiger partial charge in [-0.2, -0.15) is 0 Å². The maximum absolute atomic E-state index is 11.7. The number of aliphatic hydroxyl groups is 1. The van der Waals surface area contributed by atoms with Crippen LogP contribution < -0.4 is 4.74 Å². The van der Waals surface area contributed by atoms with Gasteiger partial charge in [-0.3, -0.25) is 4.79 Å². The minimum absolute atomic E-state index is 0.157. The summed E-state index contributed by atoms with van der Waals surface area (Å²) in [4.78, 5) is 14.7. The third-order valence-electron chi connectivity index (χ3n) is 6.46. The molecule has 1 aromatic carbocycles. The smallest absolute Gasteiger partial charge is 0.339 e. The van der Waals surface area contributed by atoms with E-state index >= 15 is 0 Å². The van der Waals surface area contributed by atoms with E-state index in [4.69, 9.17) is 16.0 Å². The van der Waals surface area contributed by atoms with Crippen molar-refractivity contribution in [2.75, 3.05) is 13.2 Å². The van der Waals surface area contributed by atoms with E-state index in [-0.39, 0.29) is 18.1 Å². The standard InChI is InChI=1S/C31H49NO4/c1-4-5-6-7-8-9-10-11-12-13-14-15-16-17-18-19-25-35-29-22-20-28(21-23-29)24-26-36-31(34)30(32-3)27(2)33/h20-23,33H,4-19,24-26H2,1-2H3. The fourth-order valence-electron chi connectivity index (χ4n) is 4.20. The number of hydrogen-bond donors (Lipinski definition) is 1. The lowest BCUT2D eigenvalue weighted by Gasteiger charge is -2.08. The van der Waals surface area contributed by atoms with Crippen molar-refractivity contribution in [1.82, 2.24) is 0 Å². The second kappa shape index (κ2) is 21.8. The van der Waals surface area contributed by atoms with Crippen LogP contribution in [0.2, 0.25) is 0 Å². The lowest BCUT2D eigenvalue weighted by atomic mass is 10.0. The Morgan fingerprint density at radius 2 is 1.25 bits per heavy atom. The van der Waals surface area contributed by atoms with Crippen molar-refractivity contribution in [3.8, 4) is 5.75 Å². The van der Waals surface area contributed by atoms with Gasteiger partial charge in [0.25, 0.3) is 0 Å². The van der Waals surface area contributed by atoms with Crippen LogP contribution in [0.3, 0.4) is 0 Å². The zero-order chi connectivity index (χ0) is 26.3. The van der Waals surface area contributed by atoms with Crippen LogP contribution in [0.5, 0.6) is 5.75 Å². The molecule has 0 bridgehead atoms. The average molecular weight is 500 g/mol. The molecular weight excluding hydrogens is 450 g/mol. The van der Waals surface area contributed by atoms with E-state index in [1.54, 1.807) is 0 Å². The summed E-state index contributed by atoms with van der Waals surface area (Å²) < 4.78 is 10.9. The van der Waals surface area contributed by atoms with Crippen LogP contribution in [0.1, 0.15) is 122 Å². The van der Waals surface area contributed by atoms with Crippen molar-refractivity contribution in [1.29, 1.82) is 0 Å². The Bertz CT molecular complexity index is 760. The summed E-state index contributed by atoms with van der Waals surface area (Å²) in [5.74, 6) is -0.254. The van der Waals surface area contributed by atoms with Crippen LogP contribution in [-0.2, 0) is 16.0 Å². The summed E-state index contributed by atoms with van der Waals surface area (Å²) in [6.07, 6.45) is 22.4. The molecule has 0 fully saturated rings. The number of allylic oxidation sites excluding steroid dienone is 1. The predicted molar refractivity (Wildman–Crippen MR) is 148 cm³/mol. The van der Waals surface area contributed by atoms with Crippen molar-refractivity contribution in [3.63, 3.8) is 0 Å². The lowest BCUT2D eigenvalue weighted by molar-refractivity contribution is -0.138. The molecule has 1 N–H and O–H groups in total.